The van der Waals surface area contributed by atoms with E-state index in [2.05, 4.69) is 35.2 Å². The third-order valence-electron chi connectivity index (χ3n) is 4.97. The molecule has 0 aromatic heterocycles. The van der Waals surface area contributed by atoms with E-state index in [9.17, 15) is 0 Å². The minimum Gasteiger partial charge on any atom is -0.327 e. The predicted octanol–water partition coefficient (Wildman–Crippen LogP) is 3.03. The number of nitrogens with two attached hydrogens (primary N) is 1. The molecule has 2 N–H and O–H groups in total. The molecule has 2 nitrogen and oxygen atoms in total. The number of piperidine rings is 1. The van der Waals surface area contributed by atoms with Gasteiger partial charge in [0.15, 0.2) is 0 Å². The van der Waals surface area contributed by atoms with Gasteiger partial charge in [0.25, 0.3) is 0 Å². The van der Waals surface area contributed by atoms with Crippen molar-refractivity contribution >= 4 is 0 Å². The van der Waals surface area contributed by atoms with Crippen molar-refractivity contribution in [3.8, 4) is 0 Å². The van der Waals surface area contributed by atoms with Gasteiger partial charge in [0.2, 0.25) is 0 Å². The zero-order valence-electron chi connectivity index (χ0n) is 11.8. The highest BCUT2D eigenvalue weighted by Crippen LogP contribution is 2.32. The number of rotatable bonds is 2. The molecule has 1 aromatic rings. The van der Waals surface area contributed by atoms with Crippen molar-refractivity contribution < 1.29 is 0 Å². The first-order chi connectivity index (χ1) is 9.33. The van der Waals surface area contributed by atoms with E-state index in [1.54, 1.807) is 0 Å². The Labute approximate surface area is 117 Å². The molecule has 3 atom stereocenters. The molecule has 1 saturated heterocycles. The van der Waals surface area contributed by atoms with Crippen LogP contribution in [0.4, 0.5) is 0 Å². The smallest absolute Gasteiger partial charge is 0.0233 e. The van der Waals surface area contributed by atoms with Crippen LogP contribution in [0, 0.1) is 11.8 Å². The number of nitrogens with zero attached hydrogens (tertiary/aromatic N) is 1. The summed E-state index contributed by atoms with van der Waals surface area (Å²) in [6.07, 6.45) is 6.85. The molecule has 2 bridgehead atoms. The first-order valence-electron chi connectivity index (χ1n) is 7.85. The monoisotopic (exact) mass is 258 g/mol. The average Bonchev–Trinajstić information content (AvgIpc) is 2.43. The highest BCUT2D eigenvalue weighted by atomic mass is 15.1. The summed E-state index contributed by atoms with van der Waals surface area (Å²) >= 11 is 0. The lowest BCUT2D eigenvalue weighted by atomic mass is 9.77. The fraction of sp³-hybridized carbons (Fsp3) is 0.647. The Morgan fingerprint density at radius 1 is 0.947 bits per heavy atom. The Balaban J connectivity index is 1.67. The van der Waals surface area contributed by atoms with Crippen molar-refractivity contribution in [3.63, 3.8) is 0 Å². The first-order valence-corrected chi connectivity index (χ1v) is 7.85. The first kappa shape index (κ1) is 13.1. The normalized spacial score (nSPS) is 32.6. The molecular formula is C17H26N2. The van der Waals surface area contributed by atoms with E-state index in [0.717, 1.165) is 18.4 Å². The summed E-state index contributed by atoms with van der Waals surface area (Å²) in [7, 11) is 0. The molecule has 0 amide bonds. The molecule has 19 heavy (non-hydrogen) atoms. The lowest BCUT2D eigenvalue weighted by Crippen LogP contribution is -2.53. The van der Waals surface area contributed by atoms with Crippen LogP contribution in [0.5, 0.6) is 0 Å². The van der Waals surface area contributed by atoms with Crippen LogP contribution in [0.3, 0.4) is 0 Å². The maximum Gasteiger partial charge on any atom is 0.0233 e. The molecule has 3 rings (SSSR count). The number of hydrogen-bond acceptors (Lipinski definition) is 2. The van der Waals surface area contributed by atoms with Gasteiger partial charge in [0.05, 0.1) is 0 Å². The predicted molar refractivity (Wildman–Crippen MR) is 79.8 cm³/mol. The van der Waals surface area contributed by atoms with E-state index in [-0.39, 0.29) is 0 Å². The van der Waals surface area contributed by atoms with Gasteiger partial charge in [-0.05, 0) is 30.2 Å². The minimum absolute atomic E-state index is 0.451. The van der Waals surface area contributed by atoms with Crippen LogP contribution in [0.1, 0.15) is 37.7 Å². The van der Waals surface area contributed by atoms with Crippen LogP contribution >= 0.6 is 0 Å². The third kappa shape index (κ3) is 3.18. The Bertz CT molecular complexity index is 374. The Morgan fingerprint density at radius 2 is 1.58 bits per heavy atom. The van der Waals surface area contributed by atoms with Gasteiger partial charge < -0.3 is 5.73 Å². The van der Waals surface area contributed by atoms with E-state index in [4.69, 9.17) is 5.73 Å². The molecule has 1 aromatic carbocycles. The molecule has 104 valence electrons. The lowest BCUT2D eigenvalue weighted by molar-refractivity contribution is 0.0765. The van der Waals surface area contributed by atoms with Crippen LogP contribution < -0.4 is 5.73 Å². The summed E-state index contributed by atoms with van der Waals surface area (Å²) in [6, 6.07) is 11.3. The van der Waals surface area contributed by atoms with E-state index in [1.165, 1.54) is 50.8 Å². The standard InChI is InChI=1S/C17H26N2/c18-17-15-9-5-2-6-10-16(17)13-19(12-15)11-14-7-3-1-4-8-14/h1,3-4,7-8,15-17H,2,5-6,9-13,18H2/t15-,16+,17?. The molecule has 2 fully saturated rings. The molecule has 2 heteroatoms. The van der Waals surface area contributed by atoms with Crippen molar-refractivity contribution in [1.29, 1.82) is 0 Å². The van der Waals surface area contributed by atoms with E-state index in [1.807, 2.05) is 0 Å². The van der Waals surface area contributed by atoms with Gasteiger partial charge in [-0.2, -0.15) is 0 Å². The van der Waals surface area contributed by atoms with Gasteiger partial charge in [-0.15, -0.1) is 0 Å². The Kier molecular flexibility index (Phi) is 4.19. The van der Waals surface area contributed by atoms with Crippen molar-refractivity contribution in [3.05, 3.63) is 35.9 Å². The van der Waals surface area contributed by atoms with Crippen LogP contribution in [0.25, 0.3) is 0 Å². The number of likely N-dealkylation sites (tertiary alicyclic amines) is 1. The summed E-state index contributed by atoms with van der Waals surface area (Å²) < 4.78 is 0. The fourth-order valence-corrected chi connectivity index (χ4v) is 3.89. The molecule has 1 heterocycles. The van der Waals surface area contributed by atoms with E-state index in [0.29, 0.717) is 6.04 Å². The Hall–Kier alpha value is -0.860. The van der Waals surface area contributed by atoms with Gasteiger partial charge in [-0.25, -0.2) is 0 Å². The maximum absolute atomic E-state index is 6.48. The van der Waals surface area contributed by atoms with Gasteiger partial charge in [-0.1, -0.05) is 49.6 Å². The van der Waals surface area contributed by atoms with Crippen LogP contribution in [-0.4, -0.2) is 24.0 Å². The second-order valence-corrected chi connectivity index (χ2v) is 6.42. The quantitative estimate of drug-likeness (QED) is 0.883. The topological polar surface area (TPSA) is 29.3 Å². The molecule has 1 saturated carbocycles. The van der Waals surface area contributed by atoms with Crippen molar-refractivity contribution in [2.45, 2.75) is 44.7 Å². The summed E-state index contributed by atoms with van der Waals surface area (Å²) in [4.78, 5) is 2.64. The van der Waals surface area contributed by atoms with Crippen LogP contribution in [0.15, 0.2) is 30.3 Å². The van der Waals surface area contributed by atoms with Gasteiger partial charge in [0, 0.05) is 25.7 Å². The van der Waals surface area contributed by atoms with Crippen LogP contribution in [-0.2, 0) is 6.54 Å². The summed E-state index contributed by atoms with van der Waals surface area (Å²) in [6.45, 7) is 3.50. The Morgan fingerprint density at radius 3 is 2.21 bits per heavy atom. The zero-order valence-corrected chi connectivity index (χ0v) is 11.8. The van der Waals surface area contributed by atoms with Gasteiger partial charge in [-0.3, -0.25) is 4.90 Å². The van der Waals surface area contributed by atoms with Crippen molar-refractivity contribution in [2.24, 2.45) is 17.6 Å². The fourth-order valence-electron chi connectivity index (χ4n) is 3.89. The second-order valence-electron chi connectivity index (χ2n) is 6.42. The molecule has 1 aliphatic carbocycles. The number of benzene rings is 1. The highest BCUT2D eigenvalue weighted by molar-refractivity contribution is 5.14. The summed E-state index contributed by atoms with van der Waals surface area (Å²) in [5, 5.41) is 0. The van der Waals surface area contributed by atoms with Gasteiger partial charge in [0.1, 0.15) is 0 Å². The molecule has 0 spiro atoms. The zero-order chi connectivity index (χ0) is 13.1. The summed E-state index contributed by atoms with van der Waals surface area (Å²) in [5.41, 5.74) is 7.92. The van der Waals surface area contributed by atoms with Crippen molar-refractivity contribution in [1.82, 2.24) is 4.90 Å². The van der Waals surface area contributed by atoms with Gasteiger partial charge >= 0.3 is 0 Å². The maximum atomic E-state index is 6.48. The second kappa shape index (κ2) is 6.06. The molecule has 0 radical (unpaired) electrons. The van der Waals surface area contributed by atoms with E-state index < -0.39 is 0 Å². The number of fused-ring (bicyclic) bond motifs is 2. The van der Waals surface area contributed by atoms with Crippen molar-refractivity contribution in [2.75, 3.05) is 13.1 Å². The van der Waals surface area contributed by atoms with Crippen LogP contribution in [0.2, 0.25) is 0 Å². The minimum atomic E-state index is 0.451. The number of hydrogen-bond donors (Lipinski definition) is 1. The molecule has 1 aliphatic heterocycles. The average molecular weight is 258 g/mol. The lowest BCUT2D eigenvalue weighted by Gasteiger charge is -2.44. The third-order valence-corrected chi connectivity index (χ3v) is 4.97. The van der Waals surface area contributed by atoms with E-state index >= 15 is 0 Å². The SMILES string of the molecule is NC1[C@@H]2CCCCC[C@H]1CN(Cc1ccccc1)C2. The molecule has 2 aliphatic rings. The largest absolute Gasteiger partial charge is 0.327 e. The highest BCUT2D eigenvalue weighted by Gasteiger charge is 2.34. The molecule has 1 unspecified atom stereocenters. The summed E-state index contributed by atoms with van der Waals surface area (Å²) in [5.74, 6) is 1.45. The molecular weight excluding hydrogens is 232 g/mol.